The lowest BCUT2D eigenvalue weighted by Crippen LogP contribution is -2.36. The smallest absolute Gasteiger partial charge is 0.243 e. The van der Waals surface area contributed by atoms with E-state index in [4.69, 9.17) is 10.5 Å². The van der Waals surface area contributed by atoms with E-state index >= 15 is 0 Å². The van der Waals surface area contributed by atoms with Crippen LogP contribution < -0.4 is 21.1 Å². The van der Waals surface area contributed by atoms with Gasteiger partial charge in [0.25, 0.3) is 0 Å². The predicted molar refractivity (Wildman–Crippen MR) is 72.9 cm³/mol. The van der Waals surface area contributed by atoms with E-state index < -0.39 is 17.6 Å². The zero-order chi connectivity index (χ0) is 15.1. The van der Waals surface area contributed by atoms with E-state index in [1.54, 1.807) is 6.07 Å². The van der Waals surface area contributed by atoms with Crippen LogP contribution in [0.1, 0.15) is 13.8 Å². The normalized spacial score (nSPS) is 10.2. The Kier molecular flexibility index (Phi) is 5.92. The number of anilines is 1. The molecule has 0 saturated heterocycles. The molecule has 0 radical (unpaired) electrons. The molecule has 0 aliphatic rings. The monoisotopic (exact) mass is 283 g/mol. The highest BCUT2D eigenvalue weighted by Gasteiger charge is 2.09. The molecule has 7 heteroatoms. The van der Waals surface area contributed by atoms with Gasteiger partial charge in [-0.2, -0.15) is 0 Å². The number of carbonyl (C=O) groups is 2. The summed E-state index contributed by atoms with van der Waals surface area (Å²) in [5.41, 5.74) is 5.10. The highest BCUT2D eigenvalue weighted by molar-refractivity contribution is 5.94. The van der Waals surface area contributed by atoms with Gasteiger partial charge in [0.1, 0.15) is 11.6 Å². The van der Waals surface area contributed by atoms with E-state index in [0.29, 0.717) is 5.75 Å². The van der Waals surface area contributed by atoms with Crippen molar-refractivity contribution in [2.75, 3.05) is 18.4 Å². The Hall–Kier alpha value is -2.15. The third-order valence-electron chi connectivity index (χ3n) is 2.22. The van der Waals surface area contributed by atoms with Crippen LogP contribution in [-0.2, 0) is 9.59 Å². The molecule has 20 heavy (non-hydrogen) atoms. The topological polar surface area (TPSA) is 93.5 Å². The summed E-state index contributed by atoms with van der Waals surface area (Å²) in [7, 11) is 0. The molecule has 0 aromatic heterocycles. The van der Waals surface area contributed by atoms with E-state index in [1.165, 1.54) is 12.1 Å². The van der Waals surface area contributed by atoms with Crippen LogP contribution in [0.3, 0.4) is 0 Å². The van der Waals surface area contributed by atoms with Gasteiger partial charge in [-0.1, -0.05) is 0 Å². The van der Waals surface area contributed by atoms with Crippen molar-refractivity contribution in [3.05, 3.63) is 24.0 Å². The summed E-state index contributed by atoms with van der Waals surface area (Å²) in [5, 5.41) is 4.63. The average Bonchev–Trinajstić information content (AvgIpc) is 2.38. The number of carbonyl (C=O) groups excluding carboxylic acids is 2. The van der Waals surface area contributed by atoms with E-state index in [9.17, 15) is 14.0 Å². The van der Waals surface area contributed by atoms with Gasteiger partial charge in [0, 0.05) is 6.07 Å². The van der Waals surface area contributed by atoms with Gasteiger partial charge < -0.3 is 21.1 Å². The average molecular weight is 283 g/mol. The maximum absolute atomic E-state index is 13.7. The lowest BCUT2D eigenvalue weighted by atomic mass is 10.2. The van der Waals surface area contributed by atoms with E-state index in [2.05, 4.69) is 10.6 Å². The molecule has 2 amide bonds. The number of ether oxygens (including phenoxy) is 1. The Morgan fingerprint density at radius 2 is 2.05 bits per heavy atom. The number of amides is 2. The Balaban J connectivity index is 2.59. The molecule has 1 aromatic rings. The van der Waals surface area contributed by atoms with E-state index in [0.717, 1.165) is 0 Å². The maximum Gasteiger partial charge on any atom is 0.243 e. The van der Waals surface area contributed by atoms with Gasteiger partial charge in [-0.05, 0) is 26.0 Å². The Labute approximate surface area is 116 Å². The fourth-order valence-electron chi connectivity index (χ4n) is 1.39. The highest BCUT2D eigenvalue weighted by atomic mass is 19.1. The molecule has 0 atom stereocenters. The standard InChI is InChI=1S/C13H18FN3O3/c1-8(2)20-9-3-4-11(10(14)5-9)17-13(19)7-16-12(18)6-15/h3-5,8H,6-7,15H2,1-2H3,(H,16,18)(H,17,19). The summed E-state index contributed by atoms with van der Waals surface area (Å²) in [6, 6.07) is 4.14. The zero-order valence-electron chi connectivity index (χ0n) is 11.4. The first-order valence-corrected chi connectivity index (χ1v) is 6.15. The second-order valence-corrected chi connectivity index (χ2v) is 4.34. The third-order valence-corrected chi connectivity index (χ3v) is 2.22. The fourth-order valence-corrected chi connectivity index (χ4v) is 1.39. The summed E-state index contributed by atoms with van der Waals surface area (Å²) >= 11 is 0. The van der Waals surface area contributed by atoms with Gasteiger partial charge in [-0.3, -0.25) is 9.59 Å². The Morgan fingerprint density at radius 1 is 1.35 bits per heavy atom. The van der Waals surface area contributed by atoms with Crippen molar-refractivity contribution in [1.29, 1.82) is 0 Å². The van der Waals surface area contributed by atoms with Gasteiger partial charge in [0.05, 0.1) is 24.9 Å². The summed E-state index contributed by atoms with van der Waals surface area (Å²) in [6.45, 7) is 3.18. The maximum atomic E-state index is 13.7. The Bertz CT molecular complexity index is 492. The summed E-state index contributed by atoms with van der Waals surface area (Å²) in [6.07, 6.45) is -0.0682. The van der Waals surface area contributed by atoms with Crippen LogP contribution in [0.25, 0.3) is 0 Å². The lowest BCUT2D eigenvalue weighted by molar-refractivity contribution is -0.123. The van der Waals surface area contributed by atoms with Crippen LogP contribution >= 0.6 is 0 Å². The Morgan fingerprint density at radius 3 is 2.60 bits per heavy atom. The fraction of sp³-hybridized carbons (Fsp3) is 0.385. The van der Waals surface area contributed by atoms with Gasteiger partial charge in [-0.15, -0.1) is 0 Å². The highest BCUT2D eigenvalue weighted by Crippen LogP contribution is 2.21. The summed E-state index contributed by atoms with van der Waals surface area (Å²) in [5.74, 6) is -1.22. The molecule has 0 spiro atoms. The van der Waals surface area contributed by atoms with Crippen LogP contribution in [0.5, 0.6) is 5.75 Å². The molecule has 0 unspecified atom stereocenters. The number of hydrogen-bond acceptors (Lipinski definition) is 4. The van der Waals surface area contributed by atoms with Crippen molar-refractivity contribution < 1.29 is 18.7 Å². The van der Waals surface area contributed by atoms with E-state index in [-0.39, 0.29) is 24.9 Å². The second-order valence-electron chi connectivity index (χ2n) is 4.34. The van der Waals surface area contributed by atoms with Crippen LogP contribution in [0.15, 0.2) is 18.2 Å². The molecule has 0 saturated carbocycles. The molecule has 0 fully saturated rings. The summed E-state index contributed by atoms with van der Waals surface area (Å²) < 4.78 is 19.0. The zero-order valence-corrected chi connectivity index (χ0v) is 11.4. The minimum atomic E-state index is -0.610. The molecule has 110 valence electrons. The number of benzene rings is 1. The molecular formula is C13H18FN3O3. The summed E-state index contributed by atoms with van der Waals surface area (Å²) in [4.78, 5) is 22.4. The van der Waals surface area contributed by atoms with Gasteiger partial charge in [0.2, 0.25) is 11.8 Å². The number of nitrogens with two attached hydrogens (primary N) is 1. The molecule has 0 bridgehead atoms. The largest absolute Gasteiger partial charge is 0.491 e. The quantitative estimate of drug-likeness (QED) is 0.713. The molecule has 0 aliphatic heterocycles. The SMILES string of the molecule is CC(C)Oc1ccc(NC(=O)CNC(=O)CN)c(F)c1. The molecule has 6 nitrogen and oxygen atoms in total. The molecule has 0 heterocycles. The minimum Gasteiger partial charge on any atom is -0.491 e. The van der Waals surface area contributed by atoms with Crippen molar-refractivity contribution in [1.82, 2.24) is 5.32 Å². The molecule has 0 aliphatic carbocycles. The third kappa shape index (κ3) is 5.23. The van der Waals surface area contributed by atoms with Gasteiger partial charge >= 0.3 is 0 Å². The van der Waals surface area contributed by atoms with Gasteiger partial charge in [0.15, 0.2) is 0 Å². The predicted octanol–water partition coefficient (Wildman–Crippen LogP) is 0.626. The number of nitrogens with one attached hydrogen (secondary N) is 2. The molecule has 1 rings (SSSR count). The van der Waals surface area contributed by atoms with Crippen LogP contribution in [0.2, 0.25) is 0 Å². The van der Waals surface area contributed by atoms with Crippen molar-refractivity contribution in [3.63, 3.8) is 0 Å². The number of halogens is 1. The van der Waals surface area contributed by atoms with E-state index in [1.807, 2.05) is 13.8 Å². The number of hydrogen-bond donors (Lipinski definition) is 3. The van der Waals surface area contributed by atoms with Crippen LogP contribution in [0, 0.1) is 5.82 Å². The van der Waals surface area contributed by atoms with Crippen LogP contribution in [0.4, 0.5) is 10.1 Å². The molecular weight excluding hydrogens is 265 g/mol. The van der Waals surface area contributed by atoms with Crippen molar-refractivity contribution in [3.8, 4) is 5.75 Å². The van der Waals surface area contributed by atoms with Gasteiger partial charge in [-0.25, -0.2) is 4.39 Å². The second kappa shape index (κ2) is 7.44. The van der Waals surface area contributed by atoms with Crippen molar-refractivity contribution in [2.24, 2.45) is 5.73 Å². The number of rotatable bonds is 6. The minimum absolute atomic E-state index is 0.0214. The van der Waals surface area contributed by atoms with Crippen molar-refractivity contribution >= 4 is 17.5 Å². The lowest BCUT2D eigenvalue weighted by Gasteiger charge is -2.12. The first-order chi connectivity index (χ1) is 9.42. The van der Waals surface area contributed by atoms with Crippen LogP contribution in [-0.4, -0.2) is 31.0 Å². The first-order valence-electron chi connectivity index (χ1n) is 6.15. The first kappa shape index (κ1) is 15.9. The molecule has 4 N–H and O–H groups in total. The van der Waals surface area contributed by atoms with Crippen molar-refractivity contribution in [2.45, 2.75) is 20.0 Å². The molecule has 1 aromatic carbocycles.